The van der Waals surface area contributed by atoms with Crippen molar-refractivity contribution in [2.24, 2.45) is 0 Å². The first-order valence-corrected chi connectivity index (χ1v) is 8.14. The summed E-state index contributed by atoms with van der Waals surface area (Å²) in [5.74, 6) is 1.47. The van der Waals surface area contributed by atoms with Crippen LogP contribution in [0, 0.1) is 0 Å². The molecular formula is C18H18N2O2S. The van der Waals surface area contributed by atoms with Crippen LogP contribution in [0.25, 0.3) is 11.3 Å². The van der Waals surface area contributed by atoms with Crippen LogP contribution in [-0.2, 0) is 6.54 Å². The summed E-state index contributed by atoms with van der Waals surface area (Å²) in [5.41, 5.74) is 3.23. The lowest BCUT2D eigenvalue weighted by Crippen LogP contribution is -2.00. The van der Waals surface area contributed by atoms with Crippen molar-refractivity contribution in [3.8, 4) is 22.8 Å². The van der Waals surface area contributed by atoms with Gasteiger partial charge in [0.2, 0.25) is 0 Å². The molecule has 118 valence electrons. The van der Waals surface area contributed by atoms with E-state index in [9.17, 15) is 0 Å². The van der Waals surface area contributed by atoms with Gasteiger partial charge in [0.1, 0.15) is 0 Å². The van der Waals surface area contributed by atoms with Crippen molar-refractivity contribution in [1.82, 2.24) is 4.98 Å². The maximum Gasteiger partial charge on any atom is 0.183 e. The number of nitrogens with zero attached hydrogens (tertiary/aromatic N) is 1. The minimum atomic E-state index is 0.683. The second-order valence-electron chi connectivity index (χ2n) is 4.95. The van der Waals surface area contributed by atoms with Gasteiger partial charge in [0, 0.05) is 17.5 Å². The Kier molecular flexibility index (Phi) is 4.78. The van der Waals surface area contributed by atoms with Gasteiger partial charge in [-0.2, -0.15) is 0 Å². The van der Waals surface area contributed by atoms with Crippen LogP contribution >= 0.6 is 11.3 Å². The smallest absolute Gasteiger partial charge is 0.183 e. The van der Waals surface area contributed by atoms with Crippen LogP contribution < -0.4 is 14.8 Å². The average molecular weight is 326 g/mol. The fraction of sp³-hybridized carbons (Fsp3) is 0.167. The number of benzene rings is 2. The Labute approximate surface area is 139 Å². The van der Waals surface area contributed by atoms with E-state index >= 15 is 0 Å². The molecule has 0 amide bonds. The molecule has 2 aromatic carbocycles. The van der Waals surface area contributed by atoms with Crippen LogP contribution in [0.5, 0.6) is 11.5 Å². The fourth-order valence-corrected chi connectivity index (χ4v) is 2.98. The van der Waals surface area contributed by atoms with Crippen LogP contribution in [0.2, 0.25) is 0 Å². The van der Waals surface area contributed by atoms with Gasteiger partial charge in [-0.25, -0.2) is 4.98 Å². The third-order valence-corrected chi connectivity index (χ3v) is 4.27. The predicted octanol–water partition coefficient (Wildman–Crippen LogP) is 4.44. The number of rotatable bonds is 6. The van der Waals surface area contributed by atoms with E-state index in [2.05, 4.69) is 27.8 Å². The van der Waals surface area contributed by atoms with Gasteiger partial charge >= 0.3 is 0 Å². The third-order valence-electron chi connectivity index (χ3n) is 3.47. The summed E-state index contributed by atoms with van der Waals surface area (Å²) in [6.45, 7) is 0.683. The Morgan fingerprint density at radius 3 is 2.52 bits per heavy atom. The monoisotopic (exact) mass is 326 g/mol. The maximum atomic E-state index is 5.33. The summed E-state index contributed by atoms with van der Waals surface area (Å²) in [6, 6.07) is 16.1. The highest BCUT2D eigenvalue weighted by atomic mass is 32.1. The molecule has 1 aromatic heterocycles. The van der Waals surface area contributed by atoms with Crippen LogP contribution in [0.15, 0.2) is 53.9 Å². The van der Waals surface area contributed by atoms with Gasteiger partial charge in [-0.05, 0) is 17.7 Å². The number of ether oxygens (including phenoxy) is 2. The van der Waals surface area contributed by atoms with Crippen molar-refractivity contribution >= 4 is 16.5 Å². The highest BCUT2D eigenvalue weighted by Gasteiger charge is 2.06. The lowest BCUT2D eigenvalue weighted by Gasteiger charge is -2.09. The summed E-state index contributed by atoms with van der Waals surface area (Å²) < 4.78 is 10.6. The van der Waals surface area contributed by atoms with Gasteiger partial charge in [-0.1, -0.05) is 36.4 Å². The van der Waals surface area contributed by atoms with Crippen LogP contribution in [-0.4, -0.2) is 19.2 Å². The topological polar surface area (TPSA) is 43.4 Å². The molecule has 3 rings (SSSR count). The zero-order valence-corrected chi connectivity index (χ0v) is 13.9. The number of aromatic nitrogens is 1. The predicted molar refractivity (Wildman–Crippen MR) is 94.4 cm³/mol. The van der Waals surface area contributed by atoms with Crippen LogP contribution in [0.4, 0.5) is 5.13 Å². The van der Waals surface area contributed by atoms with Gasteiger partial charge in [0.15, 0.2) is 16.6 Å². The highest BCUT2D eigenvalue weighted by molar-refractivity contribution is 7.14. The number of methoxy groups -OCH3 is 2. The third kappa shape index (κ3) is 3.63. The summed E-state index contributed by atoms with van der Waals surface area (Å²) in [7, 11) is 3.28. The van der Waals surface area contributed by atoms with Crippen molar-refractivity contribution in [2.45, 2.75) is 6.54 Å². The van der Waals surface area contributed by atoms with Gasteiger partial charge in [0.25, 0.3) is 0 Å². The van der Waals surface area contributed by atoms with Crippen LogP contribution in [0.3, 0.4) is 0 Å². The Hall–Kier alpha value is -2.53. The van der Waals surface area contributed by atoms with Crippen molar-refractivity contribution in [3.05, 3.63) is 59.5 Å². The lowest BCUT2D eigenvalue weighted by atomic mass is 10.2. The fourth-order valence-electron chi connectivity index (χ4n) is 2.26. The van der Waals surface area contributed by atoms with Gasteiger partial charge in [0.05, 0.1) is 19.9 Å². The number of hydrogen-bond acceptors (Lipinski definition) is 5. The van der Waals surface area contributed by atoms with Crippen molar-refractivity contribution in [3.63, 3.8) is 0 Å². The van der Waals surface area contributed by atoms with E-state index in [1.165, 1.54) is 0 Å². The van der Waals surface area contributed by atoms with Gasteiger partial charge in [-0.3, -0.25) is 0 Å². The molecule has 1 N–H and O–H groups in total. The zero-order chi connectivity index (χ0) is 16.1. The van der Waals surface area contributed by atoms with E-state index in [0.717, 1.165) is 33.5 Å². The Morgan fingerprint density at radius 2 is 1.78 bits per heavy atom. The zero-order valence-electron chi connectivity index (χ0n) is 13.1. The van der Waals surface area contributed by atoms with E-state index in [-0.39, 0.29) is 0 Å². The van der Waals surface area contributed by atoms with E-state index in [0.29, 0.717) is 6.54 Å². The highest BCUT2D eigenvalue weighted by Crippen LogP contribution is 2.29. The summed E-state index contributed by atoms with van der Waals surface area (Å²) in [4.78, 5) is 4.62. The molecule has 0 fully saturated rings. The summed E-state index contributed by atoms with van der Waals surface area (Å²) in [5, 5.41) is 6.31. The van der Waals surface area contributed by atoms with Gasteiger partial charge in [-0.15, -0.1) is 11.3 Å². The molecule has 1 heterocycles. The van der Waals surface area contributed by atoms with E-state index in [1.807, 2.05) is 36.4 Å². The largest absolute Gasteiger partial charge is 0.493 e. The SMILES string of the molecule is COc1ccc(CNc2nc(-c3ccccc3)cs2)cc1OC. The molecule has 0 aliphatic heterocycles. The Morgan fingerprint density at radius 1 is 1.00 bits per heavy atom. The molecule has 0 unspecified atom stereocenters. The number of thiazole rings is 1. The molecule has 3 aromatic rings. The standard InChI is InChI=1S/C18H18N2O2S/c1-21-16-9-8-13(10-17(16)22-2)11-19-18-20-15(12-23-18)14-6-4-3-5-7-14/h3-10,12H,11H2,1-2H3,(H,19,20). The van der Waals surface area contributed by atoms with E-state index in [4.69, 9.17) is 9.47 Å². The Bertz CT molecular complexity index is 772. The maximum absolute atomic E-state index is 5.33. The molecule has 0 aliphatic carbocycles. The summed E-state index contributed by atoms with van der Waals surface area (Å²) in [6.07, 6.45) is 0. The molecular weight excluding hydrogens is 308 g/mol. The van der Waals surface area contributed by atoms with Crippen molar-refractivity contribution in [2.75, 3.05) is 19.5 Å². The molecule has 0 spiro atoms. The molecule has 5 heteroatoms. The van der Waals surface area contributed by atoms with Crippen molar-refractivity contribution < 1.29 is 9.47 Å². The number of anilines is 1. The van der Waals surface area contributed by atoms with Crippen LogP contribution in [0.1, 0.15) is 5.56 Å². The summed E-state index contributed by atoms with van der Waals surface area (Å²) >= 11 is 1.60. The minimum Gasteiger partial charge on any atom is -0.493 e. The molecule has 0 bridgehead atoms. The lowest BCUT2D eigenvalue weighted by molar-refractivity contribution is 0.354. The minimum absolute atomic E-state index is 0.683. The normalized spacial score (nSPS) is 10.3. The number of hydrogen-bond donors (Lipinski definition) is 1. The van der Waals surface area contributed by atoms with E-state index in [1.54, 1.807) is 25.6 Å². The van der Waals surface area contributed by atoms with E-state index < -0.39 is 0 Å². The molecule has 23 heavy (non-hydrogen) atoms. The first-order chi connectivity index (χ1) is 11.3. The van der Waals surface area contributed by atoms with Crippen molar-refractivity contribution in [1.29, 1.82) is 0 Å². The first kappa shape index (κ1) is 15.4. The Balaban J connectivity index is 1.68. The molecule has 0 aliphatic rings. The molecule has 0 saturated heterocycles. The molecule has 0 radical (unpaired) electrons. The molecule has 0 saturated carbocycles. The second-order valence-corrected chi connectivity index (χ2v) is 5.80. The molecule has 4 nitrogen and oxygen atoms in total. The van der Waals surface area contributed by atoms with Gasteiger partial charge < -0.3 is 14.8 Å². The molecule has 0 atom stereocenters. The quantitative estimate of drug-likeness (QED) is 0.727. The first-order valence-electron chi connectivity index (χ1n) is 7.26. The second kappa shape index (κ2) is 7.15. The number of nitrogens with one attached hydrogen (secondary N) is 1. The average Bonchev–Trinajstić information content (AvgIpc) is 3.09.